The summed E-state index contributed by atoms with van der Waals surface area (Å²) in [6, 6.07) is 3.37. The highest BCUT2D eigenvalue weighted by atomic mass is 16.5. The second-order valence-corrected chi connectivity index (χ2v) is 7.29. The van der Waals surface area contributed by atoms with Crippen LogP contribution < -0.4 is 10.6 Å². The molecule has 0 aromatic carbocycles. The maximum absolute atomic E-state index is 11.4. The maximum atomic E-state index is 11.4. The minimum atomic E-state index is -1.00. The molecule has 170 valence electrons. The molecule has 8 heteroatoms. The van der Waals surface area contributed by atoms with Gasteiger partial charge in [0.1, 0.15) is 11.9 Å². The Morgan fingerprint density at radius 2 is 1.97 bits per heavy atom. The van der Waals surface area contributed by atoms with Crippen molar-refractivity contribution in [3.8, 4) is 0 Å². The maximum Gasteiger partial charge on any atom is 0.326 e. The van der Waals surface area contributed by atoms with Crippen molar-refractivity contribution in [3.63, 3.8) is 0 Å². The molecule has 0 aliphatic heterocycles. The van der Waals surface area contributed by atoms with Gasteiger partial charge in [-0.1, -0.05) is 13.0 Å². The number of aryl methyl sites for hydroxylation is 2. The zero-order valence-corrected chi connectivity index (χ0v) is 18.9. The number of carboxylic acid groups (broad SMARTS) is 1. The number of unbranched alkanes of at least 4 members (excludes halogenated alkanes) is 1. The number of anilines is 1. The van der Waals surface area contributed by atoms with Crippen molar-refractivity contribution in [2.45, 2.75) is 58.9 Å². The number of pyridine rings is 1. The quantitative estimate of drug-likeness (QED) is 0.351. The molecule has 0 aliphatic rings. The van der Waals surface area contributed by atoms with Crippen LogP contribution in [0.15, 0.2) is 12.1 Å². The van der Waals surface area contributed by atoms with Crippen LogP contribution in [-0.4, -0.2) is 72.8 Å². The van der Waals surface area contributed by atoms with Crippen LogP contribution in [0.2, 0.25) is 0 Å². The molecule has 0 saturated carbocycles. The van der Waals surface area contributed by atoms with Gasteiger partial charge < -0.3 is 25.4 Å². The smallest absolute Gasteiger partial charge is 0.326 e. The highest BCUT2D eigenvalue weighted by Crippen LogP contribution is 2.15. The van der Waals surface area contributed by atoms with Crippen molar-refractivity contribution < 1.29 is 19.4 Å². The first-order valence-electron chi connectivity index (χ1n) is 10.9. The molecule has 3 N–H and O–H groups in total. The van der Waals surface area contributed by atoms with Gasteiger partial charge >= 0.3 is 5.97 Å². The molecule has 0 bridgehead atoms. The second kappa shape index (κ2) is 14.7. The van der Waals surface area contributed by atoms with E-state index in [4.69, 9.17) is 9.72 Å². The van der Waals surface area contributed by atoms with Gasteiger partial charge in [0.15, 0.2) is 0 Å². The zero-order valence-electron chi connectivity index (χ0n) is 18.9. The van der Waals surface area contributed by atoms with Crippen molar-refractivity contribution in [2.75, 3.05) is 45.2 Å². The summed E-state index contributed by atoms with van der Waals surface area (Å²) in [5.74, 6) is -0.381. The van der Waals surface area contributed by atoms with Crippen molar-refractivity contribution >= 4 is 17.7 Å². The average molecular weight is 423 g/mol. The van der Waals surface area contributed by atoms with Crippen LogP contribution >= 0.6 is 0 Å². The summed E-state index contributed by atoms with van der Waals surface area (Å²) in [4.78, 5) is 29.5. The molecule has 0 fully saturated rings. The zero-order chi connectivity index (χ0) is 22.4. The van der Waals surface area contributed by atoms with Crippen molar-refractivity contribution in [1.82, 2.24) is 15.2 Å². The Kier molecular flexibility index (Phi) is 12.7. The molecule has 30 heavy (non-hydrogen) atoms. The van der Waals surface area contributed by atoms with E-state index >= 15 is 0 Å². The first kappa shape index (κ1) is 25.8. The number of rotatable bonds is 16. The Bertz CT molecular complexity index is 654. The summed E-state index contributed by atoms with van der Waals surface area (Å²) in [6.45, 7) is 8.87. The van der Waals surface area contributed by atoms with Crippen LogP contribution in [0, 0.1) is 0 Å². The molecule has 1 amide bonds. The van der Waals surface area contributed by atoms with Crippen LogP contribution in [0.3, 0.4) is 0 Å². The number of aliphatic carboxylic acids is 1. The van der Waals surface area contributed by atoms with E-state index in [9.17, 15) is 14.7 Å². The molecule has 0 saturated heterocycles. The Labute approximate surface area is 180 Å². The van der Waals surface area contributed by atoms with E-state index in [1.807, 2.05) is 14.0 Å². The molecule has 1 unspecified atom stereocenters. The monoisotopic (exact) mass is 422 g/mol. The number of amides is 1. The molecule has 1 atom stereocenters. The minimum Gasteiger partial charge on any atom is -0.480 e. The SMILES string of the molecule is CCOCCN(CCCCc1ccc(CC)c(NC)n1)CCC(NC(C)=O)C(=O)O. The third-order valence-corrected chi connectivity index (χ3v) is 4.98. The van der Waals surface area contributed by atoms with Crippen molar-refractivity contribution in [3.05, 3.63) is 23.4 Å². The number of aromatic nitrogens is 1. The van der Waals surface area contributed by atoms with E-state index in [0.717, 1.165) is 50.3 Å². The highest BCUT2D eigenvalue weighted by Gasteiger charge is 2.19. The fourth-order valence-electron chi connectivity index (χ4n) is 3.30. The van der Waals surface area contributed by atoms with Gasteiger partial charge in [0.2, 0.25) is 5.91 Å². The van der Waals surface area contributed by atoms with Crippen LogP contribution in [0.4, 0.5) is 5.82 Å². The van der Waals surface area contributed by atoms with E-state index in [2.05, 4.69) is 34.6 Å². The van der Waals surface area contributed by atoms with Crippen molar-refractivity contribution in [1.29, 1.82) is 0 Å². The number of carbonyl (C=O) groups excluding carboxylic acids is 1. The van der Waals surface area contributed by atoms with E-state index in [0.29, 0.717) is 26.2 Å². The lowest BCUT2D eigenvalue weighted by Crippen LogP contribution is -2.42. The number of carbonyl (C=O) groups is 2. The van der Waals surface area contributed by atoms with Gasteiger partial charge in [0, 0.05) is 39.4 Å². The van der Waals surface area contributed by atoms with Gasteiger partial charge in [-0.2, -0.15) is 0 Å². The summed E-state index contributed by atoms with van der Waals surface area (Å²) in [5.41, 5.74) is 2.30. The molecule has 1 aromatic rings. The molecule has 0 radical (unpaired) electrons. The standard InChI is InChI=1S/C22H38N4O4/c1-5-18-10-11-19(25-21(18)23-4)9-7-8-13-26(15-16-30-6-2)14-12-20(22(28)29)24-17(3)27/h10-11,20H,5-9,12-16H2,1-4H3,(H,23,25)(H,24,27)(H,28,29). The van der Waals surface area contributed by atoms with Gasteiger partial charge in [-0.15, -0.1) is 0 Å². The van der Waals surface area contributed by atoms with Crippen LogP contribution in [0.1, 0.15) is 51.3 Å². The summed E-state index contributed by atoms with van der Waals surface area (Å²) in [7, 11) is 1.90. The van der Waals surface area contributed by atoms with Gasteiger partial charge in [-0.05, 0) is 57.2 Å². The lowest BCUT2D eigenvalue weighted by molar-refractivity contribution is -0.141. The number of nitrogens with one attached hydrogen (secondary N) is 2. The van der Waals surface area contributed by atoms with E-state index in [1.165, 1.54) is 12.5 Å². The van der Waals surface area contributed by atoms with E-state index < -0.39 is 12.0 Å². The largest absolute Gasteiger partial charge is 0.480 e. The van der Waals surface area contributed by atoms with Crippen molar-refractivity contribution in [2.24, 2.45) is 0 Å². The minimum absolute atomic E-state index is 0.328. The molecule has 1 aromatic heterocycles. The molecular formula is C22H38N4O4. The first-order chi connectivity index (χ1) is 14.4. The molecule has 0 aliphatic carbocycles. The summed E-state index contributed by atoms with van der Waals surface area (Å²) in [5, 5.41) is 15.0. The molecule has 8 nitrogen and oxygen atoms in total. The third-order valence-electron chi connectivity index (χ3n) is 4.98. The van der Waals surface area contributed by atoms with Crippen LogP contribution in [0.5, 0.6) is 0 Å². The predicted octanol–water partition coefficient (Wildman–Crippen LogP) is 2.33. The normalized spacial score (nSPS) is 12.0. The van der Waals surface area contributed by atoms with Gasteiger partial charge in [0.05, 0.1) is 6.61 Å². The molecule has 1 heterocycles. The molecule has 1 rings (SSSR count). The first-order valence-corrected chi connectivity index (χ1v) is 10.9. The number of hydrogen-bond donors (Lipinski definition) is 3. The number of ether oxygens (including phenoxy) is 1. The fourth-order valence-corrected chi connectivity index (χ4v) is 3.30. The van der Waals surface area contributed by atoms with Crippen LogP contribution in [0.25, 0.3) is 0 Å². The molecular weight excluding hydrogens is 384 g/mol. The van der Waals surface area contributed by atoms with Gasteiger partial charge in [-0.25, -0.2) is 9.78 Å². The lowest BCUT2D eigenvalue weighted by Gasteiger charge is -2.24. The Balaban J connectivity index is 2.53. The van der Waals surface area contributed by atoms with Crippen LogP contribution in [-0.2, 0) is 27.2 Å². The summed E-state index contributed by atoms with van der Waals surface area (Å²) in [6.07, 6.45) is 4.21. The van der Waals surface area contributed by atoms with Gasteiger partial charge in [-0.3, -0.25) is 4.79 Å². The Morgan fingerprint density at radius 1 is 1.20 bits per heavy atom. The summed E-state index contributed by atoms with van der Waals surface area (Å²) < 4.78 is 5.46. The third kappa shape index (κ3) is 10.0. The van der Waals surface area contributed by atoms with Gasteiger partial charge in [0.25, 0.3) is 0 Å². The highest BCUT2D eigenvalue weighted by molar-refractivity contribution is 5.81. The summed E-state index contributed by atoms with van der Waals surface area (Å²) >= 11 is 0. The Morgan fingerprint density at radius 3 is 2.57 bits per heavy atom. The predicted molar refractivity (Wildman–Crippen MR) is 119 cm³/mol. The lowest BCUT2D eigenvalue weighted by atomic mass is 10.1. The number of nitrogens with zero attached hydrogens (tertiary/aromatic N) is 2. The fraction of sp³-hybridized carbons (Fsp3) is 0.682. The average Bonchev–Trinajstić information content (AvgIpc) is 2.72. The Hall–Kier alpha value is -2.19. The topological polar surface area (TPSA) is 104 Å². The van der Waals surface area contributed by atoms with E-state index in [-0.39, 0.29) is 5.91 Å². The second-order valence-electron chi connectivity index (χ2n) is 7.29. The van der Waals surface area contributed by atoms with E-state index in [1.54, 1.807) is 0 Å². The number of hydrogen-bond acceptors (Lipinski definition) is 6. The number of carboxylic acids is 1. The molecule has 0 spiro atoms.